The Labute approximate surface area is 120 Å². The van der Waals surface area contributed by atoms with Gasteiger partial charge in [-0.2, -0.15) is 0 Å². The van der Waals surface area contributed by atoms with Crippen molar-refractivity contribution < 1.29 is 14.6 Å². The quantitative estimate of drug-likeness (QED) is 0.866. The van der Waals surface area contributed by atoms with Gasteiger partial charge in [0.2, 0.25) is 5.91 Å². The lowest BCUT2D eigenvalue weighted by atomic mass is 9.85. The van der Waals surface area contributed by atoms with Crippen molar-refractivity contribution in [3.63, 3.8) is 0 Å². The Morgan fingerprint density at radius 3 is 2.50 bits per heavy atom. The molecule has 0 atom stereocenters. The predicted octanol–water partition coefficient (Wildman–Crippen LogP) is 2.05. The standard InChI is InChI=1S/C16H23NO3/c1-20-14-7-5-13(6-8-14)11-15(18)17-12-16(19)9-3-2-4-10-16/h5-8,19H,2-4,9-12H2,1H3,(H,17,18). The molecule has 0 aromatic heterocycles. The van der Waals surface area contributed by atoms with Gasteiger partial charge in [-0.15, -0.1) is 0 Å². The van der Waals surface area contributed by atoms with E-state index in [1.54, 1.807) is 7.11 Å². The topological polar surface area (TPSA) is 58.6 Å². The zero-order chi connectivity index (χ0) is 14.4. The van der Waals surface area contributed by atoms with Gasteiger partial charge in [0.1, 0.15) is 5.75 Å². The van der Waals surface area contributed by atoms with E-state index >= 15 is 0 Å². The first-order valence-corrected chi connectivity index (χ1v) is 7.23. The van der Waals surface area contributed by atoms with Crippen LogP contribution in [0.5, 0.6) is 5.75 Å². The molecule has 4 heteroatoms. The average Bonchev–Trinajstić information content (AvgIpc) is 2.47. The number of carbonyl (C=O) groups is 1. The van der Waals surface area contributed by atoms with Crippen molar-refractivity contribution >= 4 is 5.91 Å². The van der Waals surface area contributed by atoms with E-state index in [0.29, 0.717) is 13.0 Å². The molecule has 1 fully saturated rings. The van der Waals surface area contributed by atoms with Gasteiger partial charge in [-0.25, -0.2) is 0 Å². The van der Waals surface area contributed by atoms with Crippen molar-refractivity contribution in [3.8, 4) is 5.75 Å². The number of rotatable bonds is 5. The molecule has 1 aromatic rings. The molecule has 2 N–H and O–H groups in total. The molecule has 0 heterocycles. The molecule has 110 valence electrons. The number of methoxy groups -OCH3 is 1. The highest BCUT2D eigenvalue weighted by atomic mass is 16.5. The van der Waals surface area contributed by atoms with E-state index in [4.69, 9.17) is 4.74 Å². The first-order chi connectivity index (χ1) is 9.61. The largest absolute Gasteiger partial charge is 0.497 e. The third-order valence-corrected chi connectivity index (χ3v) is 3.92. The molecule has 2 rings (SSSR count). The van der Waals surface area contributed by atoms with Crippen LogP contribution in [0.15, 0.2) is 24.3 Å². The van der Waals surface area contributed by atoms with Crippen LogP contribution in [0.25, 0.3) is 0 Å². The average molecular weight is 277 g/mol. The Balaban J connectivity index is 1.79. The Morgan fingerprint density at radius 2 is 1.90 bits per heavy atom. The highest BCUT2D eigenvalue weighted by molar-refractivity contribution is 5.78. The second-order valence-corrected chi connectivity index (χ2v) is 5.59. The fraction of sp³-hybridized carbons (Fsp3) is 0.562. The van der Waals surface area contributed by atoms with Gasteiger partial charge >= 0.3 is 0 Å². The van der Waals surface area contributed by atoms with Gasteiger partial charge in [0.25, 0.3) is 0 Å². The van der Waals surface area contributed by atoms with Crippen LogP contribution in [-0.2, 0) is 11.2 Å². The summed E-state index contributed by atoms with van der Waals surface area (Å²) in [6.07, 6.45) is 5.18. The first-order valence-electron chi connectivity index (χ1n) is 7.23. The molecule has 1 aromatic carbocycles. The zero-order valence-corrected chi connectivity index (χ0v) is 12.0. The molecule has 20 heavy (non-hydrogen) atoms. The summed E-state index contributed by atoms with van der Waals surface area (Å²) in [7, 11) is 1.62. The maximum absolute atomic E-state index is 11.9. The van der Waals surface area contributed by atoms with Crippen LogP contribution in [0.1, 0.15) is 37.7 Å². The lowest BCUT2D eigenvalue weighted by Crippen LogP contribution is -2.44. The number of benzene rings is 1. The summed E-state index contributed by atoms with van der Waals surface area (Å²) in [6.45, 7) is 0.363. The minimum Gasteiger partial charge on any atom is -0.497 e. The minimum absolute atomic E-state index is 0.0471. The molecule has 0 aliphatic heterocycles. The predicted molar refractivity (Wildman–Crippen MR) is 77.7 cm³/mol. The van der Waals surface area contributed by atoms with E-state index in [1.807, 2.05) is 24.3 Å². The van der Waals surface area contributed by atoms with Gasteiger partial charge in [0.15, 0.2) is 0 Å². The van der Waals surface area contributed by atoms with Crippen molar-refractivity contribution in [3.05, 3.63) is 29.8 Å². The zero-order valence-electron chi connectivity index (χ0n) is 12.0. The number of aliphatic hydroxyl groups is 1. The van der Waals surface area contributed by atoms with E-state index in [1.165, 1.54) is 6.42 Å². The maximum atomic E-state index is 11.9. The second kappa shape index (κ2) is 6.75. The maximum Gasteiger partial charge on any atom is 0.224 e. The number of amides is 1. The number of nitrogens with one attached hydrogen (secondary N) is 1. The van der Waals surface area contributed by atoms with Crippen LogP contribution in [0, 0.1) is 0 Å². The summed E-state index contributed by atoms with van der Waals surface area (Å²) in [5.74, 6) is 0.736. The SMILES string of the molecule is COc1ccc(CC(=O)NCC2(O)CCCCC2)cc1. The van der Waals surface area contributed by atoms with E-state index in [-0.39, 0.29) is 5.91 Å². The Kier molecular flexibility index (Phi) is 5.01. The van der Waals surface area contributed by atoms with Gasteiger partial charge < -0.3 is 15.2 Å². The summed E-state index contributed by atoms with van der Waals surface area (Å²) in [5.41, 5.74) is 0.243. The summed E-state index contributed by atoms with van der Waals surface area (Å²) in [4.78, 5) is 11.9. The fourth-order valence-electron chi connectivity index (χ4n) is 2.64. The monoisotopic (exact) mass is 277 g/mol. The molecule has 1 aliphatic rings. The smallest absolute Gasteiger partial charge is 0.224 e. The molecule has 0 saturated heterocycles. The highest BCUT2D eigenvalue weighted by Gasteiger charge is 2.29. The Bertz CT molecular complexity index is 436. The summed E-state index contributed by atoms with van der Waals surface area (Å²) >= 11 is 0. The number of ether oxygens (including phenoxy) is 1. The first kappa shape index (κ1) is 14.9. The summed E-state index contributed by atoms with van der Waals surface area (Å²) in [5, 5.41) is 13.2. The number of carbonyl (C=O) groups excluding carboxylic acids is 1. The molecule has 0 unspecified atom stereocenters. The lowest BCUT2D eigenvalue weighted by molar-refractivity contribution is -0.122. The molecule has 1 saturated carbocycles. The van der Waals surface area contributed by atoms with Gasteiger partial charge in [-0.1, -0.05) is 31.4 Å². The molecular formula is C16H23NO3. The van der Waals surface area contributed by atoms with E-state index in [9.17, 15) is 9.90 Å². The van der Waals surface area contributed by atoms with Crippen LogP contribution in [0.2, 0.25) is 0 Å². The Morgan fingerprint density at radius 1 is 1.25 bits per heavy atom. The molecule has 0 bridgehead atoms. The van der Waals surface area contributed by atoms with E-state index in [2.05, 4.69) is 5.32 Å². The second-order valence-electron chi connectivity index (χ2n) is 5.59. The van der Waals surface area contributed by atoms with E-state index in [0.717, 1.165) is 37.0 Å². The van der Waals surface area contributed by atoms with Crippen LogP contribution in [0.4, 0.5) is 0 Å². The third kappa shape index (κ3) is 4.23. The van der Waals surface area contributed by atoms with Crippen molar-refractivity contribution in [2.24, 2.45) is 0 Å². The van der Waals surface area contributed by atoms with Gasteiger partial charge in [0, 0.05) is 6.54 Å². The molecular weight excluding hydrogens is 254 g/mol. The molecule has 1 aliphatic carbocycles. The van der Waals surface area contributed by atoms with E-state index < -0.39 is 5.60 Å². The molecule has 1 amide bonds. The van der Waals surface area contributed by atoms with Crippen LogP contribution in [-0.4, -0.2) is 30.3 Å². The number of hydrogen-bond acceptors (Lipinski definition) is 3. The molecule has 0 spiro atoms. The minimum atomic E-state index is -0.701. The number of hydrogen-bond donors (Lipinski definition) is 2. The fourth-order valence-corrected chi connectivity index (χ4v) is 2.64. The normalized spacial score (nSPS) is 17.5. The van der Waals surface area contributed by atoms with Crippen LogP contribution >= 0.6 is 0 Å². The van der Waals surface area contributed by atoms with Gasteiger partial charge in [-0.05, 0) is 30.5 Å². The third-order valence-electron chi connectivity index (χ3n) is 3.92. The van der Waals surface area contributed by atoms with Gasteiger partial charge in [0.05, 0.1) is 19.1 Å². The van der Waals surface area contributed by atoms with Crippen molar-refractivity contribution in [2.45, 2.75) is 44.1 Å². The van der Waals surface area contributed by atoms with Crippen LogP contribution in [0.3, 0.4) is 0 Å². The summed E-state index contributed by atoms with van der Waals surface area (Å²) < 4.78 is 5.08. The van der Waals surface area contributed by atoms with Crippen molar-refractivity contribution in [1.29, 1.82) is 0 Å². The molecule has 0 radical (unpaired) electrons. The molecule has 4 nitrogen and oxygen atoms in total. The van der Waals surface area contributed by atoms with Crippen LogP contribution < -0.4 is 10.1 Å². The van der Waals surface area contributed by atoms with Gasteiger partial charge in [-0.3, -0.25) is 4.79 Å². The summed E-state index contributed by atoms with van der Waals surface area (Å²) in [6, 6.07) is 7.45. The highest BCUT2D eigenvalue weighted by Crippen LogP contribution is 2.27. The van der Waals surface area contributed by atoms with Crippen molar-refractivity contribution in [2.75, 3.05) is 13.7 Å². The Hall–Kier alpha value is -1.55. The lowest BCUT2D eigenvalue weighted by Gasteiger charge is -2.32. The van der Waals surface area contributed by atoms with Crippen molar-refractivity contribution in [1.82, 2.24) is 5.32 Å².